The number of nitrogens with one attached hydrogen (secondary N) is 1. The fourth-order valence-electron chi connectivity index (χ4n) is 4.30. The van der Waals surface area contributed by atoms with E-state index in [1.54, 1.807) is 31.1 Å². The van der Waals surface area contributed by atoms with Gasteiger partial charge in [-0.05, 0) is 74.9 Å². The fraction of sp³-hybridized carbons (Fsp3) is 0.400. The predicted molar refractivity (Wildman–Crippen MR) is 127 cm³/mol. The zero-order valence-electron chi connectivity index (χ0n) is 19.5. The summed E-state index contributed by atoms with van der Waals surface area (Å²) in [5, 5.41) is 0.656. The van der Waals surface area contributed by atoms with Gasteiger partial charge in [-0.1, -0.05) is 12.1 Å². The van der Waals surface area contributed by atoms with Gasteiger partial charge < -0.3 is 14.1 Å². The van der Waals surface area contributed by atoms with Crippen molar-refractivity contribution < 1.29 is 22.4 Å². The molecule has 176 valence electrons. The topological polar surface area (TPSA) is 88.8 Å². The Bertz CT molecular complexity index is 1290. The Labute approximate surface area is 194 Å². The van der Waals surface area contributed by atoms with Gasteiger partial charge in [0.25, 0.3) is 5.91 Å². The molecule has 1 fully saturated rings. The molecule has 0 aliphatic carbocycles. The van der Waals surface area contributed by atoms with E-state index in [2.05, 4.69) is 4.72 Å². The first kappa shape index (κ1) is 23.3. The van der Waals surface area contributed by atoms with Gasteiger partial charge in [0, 0.05) is 30.6 Å². The number of aryl methyl sites for hydroxylation is 2. The molecule has 4 rings (SSSR count). The van der Waals surface area contributed by atoms with Gasteiger partial charge >= 0.3 is 0 Å². The predicted octanol–water partition coefficient (Wildman–Crippen LogP) is 4.47. The maximum absolute atomic E-state index is 13.4. The largest absolute Gasteiger partial charge is 0.497 e. The number of sulfonamides is 1. The van der Waals surface area contributed by atoms with E-state index < -0.39 is 10.0 Å². The zero-order chi connectivity index (χ0) is 23.8. The second-order valence-electron chi connectivity index (χ2n) is 8.61. The Morgan fingerprint density at radius 3 is 2.36 bits per heavy atom. The standard InChI is InChI=1S/C25H30N2O5S/c1-16-14-21-18(3)22(25(28)27-12-6-5-7-13-27)32-23(21)24(17(16)2)33(29,30)26-15-19-8-10-20(31-4)11-9-19/h8-11,14,26H,5-7,12-13,15H2,1-4H3. The summed E-state index contributed by atoms with van der Waals surface area (Å²) in [4.78, 5) is 15.0. The molecule has 1 saturated heterocycles. The maximum Gasteiger partial charge on any atom is 0.289 e. The molecular weight excluding hydrogens is 440 g/mol. The molecule has 0 atom stereocenters. The molecule has 1 N–H and O–H groups in total. The van der Waals surface area contributed by atoms with Gasteiger partial charge in [0.05, 0.1) is 7.11 Å². The van der Waals surface area contributed by atoms with E-state index in [-0.39, 0.29) is 28.7 Å². The first-order valence-corrected chi connectivity index (χ1v) is 12.7. The summed E-state index contributed by atoms with van der Waals surface area (Å²) in [6.45, 7) is 6.97. The van der Waals surface area contributed by atoms with Crippen molar-refractivity contribution in [3.05, 3.63) is 58.3 Å². The number of benzene rings is 2. The van der Waals surface area contributed by atoms with Gasteiger partial charge in [0.1, 0.15) is 10.6 Å². The van der Waals surface area contributed by atoms with Crippen LogP contribution in [0.3, 0.4) is 0 Å². The highest BCUT2D eigenvalue weighted by Gasteiger charge is 2.30. The summed E-state index contributed by atoms with van der Waals surface area (Å²) in [5.74, 6) is 0.756. The molecule has 33 heavy (non-hydrogen) atoms. The van der Waals surface area contributed by atoms with E-state index in [1.165, 1.54) is 0 Å². The minimum atomic E-state index is -3.91. The lowest BCUT2D eigenvalue weighted by atomic mass is 10.0. The van der Waals surface area contributed by atoms with Gasteiger partial charge in [0.2, 0.25) is 10.0 Å². The quantitative estimate of drug-likeness (QED) is 0.574. The molecule has 0 bridgehead atoms. The number of amides is 1. The summed E-state index contributed by atoms with van der Waals surface area (Å²) in [6, 6.07) is 9.10. The molecule has 0 radical (unpaired) electrons. The third-order valence-electron chi connectivity index (χ3n) is 6.42. The summed E-state index contributed by atoms with van der Waals surface area (Å²) in [5.41, 5.74) is 3.15. The summed E-state index contributed by atoms with van der Waals surface area (Å²) >= 11 is 0. The van der Waals surface area contributed by atoms with Crippen LogP contribution in [0.15, 0.2) is 39.6 Å². The Hall–Kier alpha value is -2.84. The van der Waals surface area contributed by atoms with Crippen LogP contribution in [0.2, 0.25) is 0 Å². The van der Waals surface area contributed by atoms with Crippen molar-refractivity contribution in [3.8, 4) is 5.75 Å². The average molecular weight is 471 g/mol. The summed E-state index contributed by atoms with van der Waals surface area (Å²) < 4.78 is 40.7. The lowest BCUT2D eigenvalue weighted by Gasteiger charge is -2.25. The monoisotopic (exact) mass is 470 g/mol. The number of furan rings is 1. The number of carbonyl (C=O) groups excluding carboxylic acids is 1. The Kier molecular flexibility index (Phi) is 6.50. The van der Waals surface area contributed by atoms with E-state index in [9.17, 15) is 13.2 Å². The normalized spacial score (nSPS) is 14.6. The highest BCUT2D eigenvalue weighted by Crippen LogP contribution is 2.35. The van der Waals surface area contributed by atoms with Crippen molar-refractivity contribution in [3.63, 3.8) is 0 Å². The van der Waals surface area contributed by atoms with Crippen molar-refractivity contribution in [1.29, 1.82) is 0 Å². The lowest BCUT2D eigenvalue weighted by Crippen LogP contribution is -2.35. The van der Waals surface area contributed by atoms with Crippen molar-refractivity contribution in [2.75, 3.05) is 20.2 Å². The molecule has 1 aliphatic heterocycles. The number of nitrogens with zero attached hydrogens (tertiary/aromatic N) is 1. The van der Waals surface area contributed by atoms with Crippen LogP contribution in [0.25, 0.3) is 11.0 Å². The highest BCUT2D eigenvalue weighted by molar-refractivity contribution is 7.89. The van der Waals surface area contributed by atoms with Crippen LogP contribution in [0.5, 0.6) is 5.75 Å². The first-order valence-electron chi connectivity index (χ1n) is 11.2. The number of rotatable bonds is 6. The van der Waals surface area contributed by atoms with Crippen LogP contribution >= 0.6 is 0 Å². The van der Waals surface area contributed by atoms with Crippen molar-refractivity contribution in [2.45, 2.75) is 51.5 Å². The van der Waals surface area contributed by atoms with Gasteiger partial charge in [-0.2, -0.15) is 0 Å². The highest BCUT2D eigenvalue weighted by atomic mass is 32.2. The summed E-state index contributed by atoms with van der Waals surface area (Å²) in [6.07, 6.45) is 3.06. The molecule has 2 heterocycles. The van der Waals surface area contributed by atoms with E-state index in [1.807, 2.05) is 32.0 Å². The number of methoxy groups -OCH3 is 1. The minimum absolute atomic E-state index is 0.0896. The minimum Gasteiger partial charge on any atom is -0.497 e. The fourth-order valence-corrected chi connectivity index (χ4v) is 5.77. The SMILES string of the molecule is COc1ccc(CNS(=O)(=O)c2c(C)c(C)cc3c(C)c(C(=O)N4CCCCC4)oc23)cc1. The molecule has 3 aromatic rings. The van der Waals surface area contributed by atoms with Crippen molar-refractivity contribution in [1.82, 2.24) is 9.62 Å². The molecule has 1 aromatic heterocycles. The molecule has 1 amide bonds. The lowest BCUT2D eigenvalue weighted by molar-refractivity contribution is 0.0693. The van der Waals surface area contributed by atoms with Gasteiger partial charge in [-0.15, -0.1) is 0 Å². The van der Waals surface area contributed by atoms with Crippen LogP contribution in [0.1, 0.15) is 52.1 Å². The number of ether oxygens (including phenoxy) is 1. The summed E-state index contributed by atoms with van der Waals surface area (Å²) in [7, 11) is -2.33. The van der Waals surface area contributed by atoms with E-state index in [0.29, 0.717) is 35.4 Å². The third kappa shape index (κ3) is 4.50. The Balaban J connectivity index is 1.72. The number of fused-ring (bicyclic) bond motifs is 1. The Morgan fingerprint density at radius 2 is 1.73 bits per heavy atom. The van der Waals surface area contributed by atoms with Gasteiger partial charge in [-0.25, -0.2) is 13.1 Å². The van der Waals surface area contributed by atoms with Crippen LogP contribution < -0.4 is 9.46 Å². The number of hydrogen-bond donors (Lipinski definition) is 1. The number of hydrogen-bond acceptors (Lipinski definition) is 5. The number of carbonyl (C=O) groups is 1. The molecule has 2 aromatic carbocycles. The van der Waals surface area contributed by atoms with Crippen LogP contribution in [-0.4, -0.2) is 39.4 Å². The van der Waals surface area contributed by atoms with Crippen LogP contribution in [0, 0.1) is 20.8 Å². The van der Waals surface area contributed by atoms with Crippen molar-refractivity contribution in [2.24, 2.45) is 0 Å². The molecule has 1 aliphatic rings. The van der Waals surface area contributed by atoms with E-state index in [0.717, 1.165) is 30.4 Å². The first-order chi connectivity index (χ1) is 15.7. The number of likely N-dealkylation sites (tertiary alicyclic amines) is 1. The van der Waals surface area contributed by atoms with Gasteiger partial charge in [-0.3, -0.25) is 4.79 Å². The van der Waals surface area contributed by atoms with Crippen molar-refractivity contribution >= 4 is 26.9 Å². The Morgan fingerprint density at radius 1 is 1.06 bits per heavy atom. The molecule has 8 heteroatoms. The second kappa shape index (κ2) is 9.19. The average Bonchev–Trinajstić information content (AvgIpc) is 3.14. The zero-order valence-corrected chi connectivity index (χ0v) is 20.3. The van der Waals surface area contributed by atoms with Crippen LogP contribution in [0.4, 0.5) is 0 Å². The maximum atomic E-state index is 13.4. The second-order valence-corrected chi connectivity index (χ2v) is 10.3. The molecule has 0 saturated carbocycles. The molecular formula is C25H30N2O5S. The van der Waals surface area contributed by atoms with E-state index >= 15 is 0 Å². The molecule has 0 unspecified atom stereocenters. The van der Waals surface area contributed by atoms with Crippen LogP contribution in [-0.2, 0) is 16.6 Å². The molecule has 0 spiro atoms. The van der Waals surface area contributed by atoms with Gasteiger partial charge in [0.15, 0.2) is 11.3 Å². The van der Waals surface area contributed by atoms with E-state index in [4.69, 9.17) is 9.15 Å². The smallest absolute Gasteiger partial charge is 0.289 e. The molecule has 7 nitrogen and oxygen atoms in total. The third-order valence-corrected chi connectivity index (χ3v) is 7.98. The number of piperidine rings is 1.